The number of unbranched alkanes of at least 4 members (excludes halogenated alkanes) is 23. The highest BCUT2D eigenvalue weighted by molar-refractivity contribution is 5.77. The minimum Gasteiger partial charge on any atom is -0.462 e. The van der Waals surface area contributed by atoms with E-state index >= 15 is 0 Å². The van der Waals surface area contributed by atoms with E-state index in [9.17, 15) is 19.8 Å². The van der Waals surface area contributed by atoms with E-state index in [1.807, 2.05) is 0 Å². The average molecular weight is 961 g/mol. The molecule has 3 atom stereocenters. The molecule has 0 saturated heterocycles. The number of nitrogens with one attached hydrogen (secondary N) is 1. The molecular formula is C63H109NO5. The minimum absolute atomic E-state index is 0.0224. The van der Waals surface area contributed by atoms with Crippen LogP contribution in [0.3, 0.4) is 0 Å². The van der Waals surface area contributed by atoms with Crippen LogP contribution in [0.5, 0.6) is 0 Å². The van der Waals surface area contributed by atoms with Crippen LogP contribution >= 0.6 is 0 Å². The van der Waals surface area contributed by atoms with Gasteiger partial charge in [-0.1, -0.05) is 246 Å². The molecule has 0 aromatic rings. The van der Waals surface area contributed by atoms with Crippen LogP contribution in [0.25, 0.3) is 0 Å². The first-order valence-corrected chi connectivity index (χ1v) is 29.0. The van der Waals surface area contributed by atoms with Crippen molar-refractivity contribution in [3.8, 4) is 0 Å². The molecule has 6 nitrogen and oxygen atoms in total. The third-order valence-electron chi connectivity index (χ3n) is 12.6. The van der Waals surface area contributed by atoms with E-state index < -0.39 is 18.2 Å². The van der Waals surface area contributed by atoms with Gasteiger partial charge in [-0.15, -0.1) is 0 Å². The Labute approximate surface area is 426 Å². The van der Waals surface area contributed by atoms with Crippen LogP contribution in [0.4, 0.5) is 0 Å². The maximum absolute atomic E-state index is 13.3. The van der Waals surface area contributed by atoms with Gasteiger partial charge in [0, 0.05) is 6.42 Å². The van der Waals surface area contributed by atoms with Gasteiger partial charge in [-0.25, -0.2) is 0 Å². The summed E-state index contributed by atoms with van der Waals surface area (Å²) in [5.74, 6) is -0.567. The standard InChI is InChI=1S/C63H109NO5/c1-4-7-10-13-16-19-22-25-28-31-33-36-39-42-45-48-51-54-59(69-63(68)56-53-50-47-44-41-38-35-30-27-24-21-18-15-12-9-6-3)57-62(67)64-60(58-65)61(66)55-52-49-46-43-40-37-34-32-29-26-23-20-17-14-11-8-5-2/h9,12,16,18-19,21,25,27-28,30,33,36,38,41-42,45,59-61,65-66H,4-8,10-11,13-15,17,20,22-24,26,29,31-32,34-35,37,39-40,43-44,46-58H2,1-3H3,(H,64,67)/b12-9+,19-16-,21-18+,28-25-,30-27+,36-33-,41-38+,45-42-. The van der Waals surface area contributed by atoms with Gasteiger partial charge in [0.1, 0.15) is 6.10 Å². The van der Waals surface area contributed by atoms with Gasteiger partial charge in [0.05, 0.1) is 25.2 Å². The van der Waals surface area contributed by atoms with Gasteiger partial charge in [-0.05, 0) is 103 Å². The summed E-state index contributed by atoms with van der Waals surface area (Å²) in [5.41, 5.74) is 0. The molecule has 0 bridgehead atoms. The number of carbonyl (C=O) groups is 2. The summed E-state index contributed by atoms with van der Waals surface area (Å²) in [6.45, 7) is 6.34. The zero-order chi connectivity index (χ0) is 50.2. The molecule has 0 aromatic heterocycles. The molecule has 0 heterocycles. The molecule has 0 saturated carbocycles. The van der Waals surface area contributed by atoms with Crippen LogP contribution in [-0.4, -0.2) is 46.9 Å². The average Bonchev–Trinajstić information content (AvgIpc) is 3.34. The van der Waals surface area contributed by atoms with E-state index in [1.54, 1.807) is 0 Å². The van der Waals surface area contributed by atoms with Crippen LogP contribution < -0.4 is 5.32 Å². The molecule has 0 aromatic carbocycles. The fourth-order valence-corrected chi connectivity index (χ4v) is 8.29. The number of allylic oxidation sites excluding steroid dienone is 16. The summed E-state index contributed by atoms with van der Waals surface area (Å²) in [6.07, 6.45) is 74.7. The highest BCUT2D eigenvalue weighted by Gasteiger charge is 2.24. The number of amides is 1. The minimum atomic E-state index is -0.814. The monoisotopic (exact) mass is 960 g/mol. The Bertz CT molecular complexity index is 1350. The number of esters is 1. The first-order chi connectivity index (χ1) is 34.0. The van der Waals surface area contributed by atoms with Crippen molar-refractivity contribution in [3.05, 3.63) is 97.2 Å². The van der Waals surface area contributed by atoms with E-state index in [4.69, 9.17) is 4.74 Å². The summed E-state index contributed by atoms with van der Waals surface area (Å²) >= 11 is 0. The van der Waals surface area contributed by atoms with Crippen molar-refractivity contribution in [3.63, 3.8) is 0 Å². The molecule has 3 unspecified atom stereocenters. The molecule has 0 aliphatic rings. The largest absolute Gasteiger partial charge is 0.462 e. The summed E-state index contributed by atoms with van der Waals surface area (Å²) < 4.78 is 5.92. The predicted molar refractivity (Wildman–Crippen MR) is 300 cm³/mol. The molecule has 0 aliphatic carbocycles. The second kappa shape index (κ2) is 55.7. The number of rotatable bonds is 51. The Morgan fingerprint density at radius 1 is 0.435 bits per heavy atom. The van der Waals surface area contributed by atoms with Gasteiger partial charge in [-0.2, -0.15) is 0 Å². The SMILES string of the molecule is CC/C=C/C/C=C/C/C=C/C/C=C/CCCCCC(=O)OC(CCC/C=C\C/C=C\C/C=C\C/C=C\CCCCC)CC(=O)NC(CO)C(O)CCCCCCCCCCCCCCCCCCC. The van der Waals surface area contributed by atoms with Crippen molar-refractivity contribution in [1.82, 2.24) is 5.32 Å². The summed E-state index contributed by atoms with van der Waals surface area (Å²) in [7, 11) is 0. The molecule has 69 heavy (non-hydrogen) atoms. The van der Waals surface area contributed by atoms with Crippen molar-refractivity contribution < 1.29 is 24.5 Å². The highest BCUT2D eigenvalue weighted by atomic mass is 16.5. The lowest BCUT2D eigenvalue weighted by molar-refractivity contribution is -0.151. The Morgan fingerprint density at radius 2 is 0.797 bits per heavy atom. The zero-order valence-corrected chi connectivity index (χ0v) is 45.2. The van der Waals surface area contributed by atoms with Gasteiger partial charge in [0.2, 0.25) is 5.91 Å². The molecule has 1 amide bonds. The van der Waals surface area contributed by atoms with Crippen LogP contribution in [0.15, 0.2) is 97.2 Å². The van der Waals surface area contributed by atoms with Crippen molar-refractivity contribution >= 4 is 11.9 Å². The maximum Gasteiger partial charge on any atom is 0.306 e. The van der Waals surface area contributed by atoms with Gasteiger partial charge in [0.15, 0.2) is 0 Å². The second-order valence-electron chi connectivity index (χ2n) is 19.3. The van der Waals surface area contributed by atoms with Crippen molar-refractivity contribution in [2.45, 2.75) is 283 Å². The van der Waals surface area contributed by atoms with Gasteiger partial charge < -0.3 is 20.3 Å². The fraction of sp³-hybridized carbons (Fsp3) is 0.714. The summed E-state index contributed by atoms with van der Waals surface area (Å²) in [4.78, 5) is 26.3. The lowest BCUT2D eigenvalue weighted by atomic mass is 10.0. The Balaban J connectivity index is 4.70. The number of carbonyl (C=O) groups excluding carboxylic acids is 2. The topological polar surface area (TPSA) is 95.9 Å². The fourth-order valence-electron chi connectivity index (χ4n) is 8.29. The van der Waals surface area contributed by atoms with Crippen LogP contribution in [-0.2, 0) is 14.3 Å². The Hall–Kier alpha value is -3.22. The van der Waals surface area contributed by atoms with E-state index in [0.717, 1.165) is 103 Å². The molecule has 3 N–H and O–H groups in total. The molecular weight excluding hydrogens is 851 g/mol. The van der Waals surface area contributed by atoms with Crippen molar-refractivity contribution in [2.24, 2.45) is 0 Å². The van der Waals surface area contributed by atoms with Crippen LogP contribution in [0.2, 0.25) is 0 Å². The van der Waals surface area contributed by atoms with Crippen LogP contribution in [0, 0.1) is 0 Å². The smallest absolute Gasteiger partial charge is 0.306 e. The van der Waals surface area contributed by atoms with Crippen molar-refractivity contribution in [2.75, 3.05) is 6.61 Å². The third-order valence-corrected chi connectivity index (χ3v) is 12.6. The normalized spacial score (nSPS) is 13.9. The third kappa shape index (κ3) is 51.0. The summed E-state index contributed by atoms with van der Waals surface area (Å²) in [5, 5.41) is 23.9. The Morgan fingerprint density at radius 3 is 1.23 bits per heavy atom. The first kappa shape index (κ1) is 65.8. The molecule has 0 aliphatic heterocycles. The van der Waals surface area contributed by atoms with Gasteiger partial charge >= 0.3 is 5.97 Å². The maximum atomic E-state index is 13.3. The van der Waals surface area contributed by atoms with Crippen molar-refractivity contribution in [1.29, 1.82) is 0 Å². The van der Waals surface area contributed by atoms with Crippen LogP contribution in [0.1, 0.15) is 265 Å². The van der Waals surface area contributed by atoms with E-state index in [-0.39, 0.29) is 24.9 Å². The van der Waals surface area contributed by atoms with Gasteiger partial charge in [0.25, 0.3) is 0 Å². The number of aliphatic hydroxyl groups excluding tert-OH is 2. The molecule has 0 spiro atoms. The molecule has 0 fully saturated rings. The van der Waals surface area contributed by atoms with E-state index in [1.165, 1.54) is 116 Å². The Kier molecular flexibility index (Phi) is 53.1. The second-order valence-corrected chi connectivity index (χ2v) is 19.3. The lowest BCUT2D eigenvalue weighted by Gasteiger charge is -2.24. The number of ether oxygens (including phenoxy) is 1. The highest BCUT2D eigenvalue weighted by Crippen LogP contribution is 2.17. The van der Waals surface area contributed by atoms with Gasteiger partial charge in [-0.3, -0.25) is 9.59 Å². The van der Waals surface area contributed by atoms with E-state index in [2.05, 4.69) is 123 Å². The number of hydrogen-bond donors (Lipinski definition) is 3. The first-order valence-electron chi connectivity index (χ1n) is 29.0. The predicted octanol–water partition coefficient (Wildman–Crippen LogP) is 18.1. The molecule has 0 rings (SSSR count). The lowest BCUT2D eigenvalue weighted by Crippen LogP contribution is -2.46. The molecule has 0 radical (unpaired) electrons. The molecule has 396 valence electrons. The molecule has 6 heteroatoms. The quantitative estimate of drug-likeness (QED) is 0.0321. The summed E-state index contributed by atoms with van der Waals surface area (Å²) in [6, 6.07) is -0.733. The number of hydrogen-bond acceptors (Lipinski definition) is 5. The van der Waals surface area contributed by atoms with E-state index in [0.29, 0.717) is 19.3 Å². The number of aliphatic hydroxyl groups is 2. The zero-order valence-electron chi connectivity index (χ0n) is 45.2.